The Balaban J connectivity index is 2.01. The highest BCUT2D eigenvalue weighted by molar-refractivity contribution is 7.09. The van der Waals surface area contributed by atoms with Gasteiger partial charge in [-0.2, -0.15) is 0 Å². The van der Waals surface area contributed by atoms with Crippen LogP contribution in [-0.2, 0) is 6.42 Å². The van der Waals surface area contributed by atoms with Crippen molar-refractivity contribution in [3.05, 3.63) is 52.5 Å². The lowest BCUT2D eigenvalue weighted by atomic mass is 10.0. The Morgan fingerprint density at radius 1 is 1.31 bits per heavy atom. The fourth-order valence-corrected chi connectivity index (χ4v) is 2.26. The Bertz CT molecular complexity index is 416. The third-order valence-corrected chi connectivity index (χ3v) is 3.27. The zero-order valence-corrected chi connectivity index (χ0v) is 9.60. The number of rotatable bonds is 4. The van der Waals surface area contributed by atoms with Gasteiger partial charge in [-0.05, 0) is 12.0 Å². The van der Waals surface area contributed by atoms with Crippen molar-refractivity contribution in [2.24, 2.45) is 5.73 Å². The van der Waals surface area contributed by atoms with E-state index in [1.165, 1.54) is 11.3 Å². The van der Waals surface area contributed by atoms with Gasteiger partial charge in [0.2, 0.25) is 0 Å². The molecule has 1 aromatic heterocycles. The molecule has 0 saturated carbocycles. The number of hydrogen-bond acceptors (Lipinski definition) is 4. The Labute approximate surface area is 98.6 Å². The highest BCUT2D eigenvalue weighted by Crippen LogP contribution is 2.20. The molecular formula is C12H14N2OS. The fraction of sp³-hybridized carbons (Fsp3) is 0.250. The van der Waals surface area contributed by atoms with Crippen molar-refractivity contribution in [2.45, 2.75) is 18.6 Å². The highest BCUT2D eigenvalue weighted by Gasteiger charge is 2.19. The van der Waals surface area contributed by atoms with Gasteiger partial charge in [0.1, 0.15) is 11.1 Å². The lowest BCUT2D eigenvalue weighted by Gasteiger charge is -2.16. The van der Waals surface area contributed by atoms with Crippen molar-refractivity contribution in [2.75, 3.05) is 0 Å². The van der Waals surface area contributed by atoms with Crippen LogP contribution >= 0.6 is 11.3 Å². The van der Waals surface area contributed by atoms with Crippen LogP contribution in [0, 0.1) is 0 Å². The average Bonchev–Trinajstić information content (AvgIpc) is 2.83. The van der Waals surface area contributed by atoms with E-state index in [4.69, 9.17) is 5.73 Å². The third-order valence-electron chi connectivity index (χ3n) is 2.42. The number of thiazole rings is 1. The molecule has 1 aromatic carbocycles. The lowest BCUT2D eigenvalue weighted by Crippen LogP contribution is -2.30. The summed E-state index contributed by atoms with van der Waals surface area (Å²) < 4.78 is 0. The zero-order valence-electron chi connectivity index (χ0n) is 8.78. The molecule has 3 N–H and O–H groups in total. The normalized spacial score (nSPS) is 14.6. The van der Waals surface area contributed by atoms with Gasteiger partial charge in [0.25, 0.3) is 0 Å². The van der Waals surface area contributed by atoms with E-state index in [1.54, 1.807) is 6.20 Å². The molecule has 0 unspecified atom stereocenters. The van der Waals surface area contributed by atoms with Crippen molar-refractivity contribution in [1.82, 2.24) is 4.98 Å². The van der Waals surface area contributed by atoms with E-state index in [0.29, 0.717) is 11.4 Å². The van der Waals surface area contributed by atoms with Crippen molar-refractivity contribution in [3.63, 3.8) is 0 Å². The van der Waals surface area contributed by atoms with Gasteiger partial charge in [-0.15, -0.1) is 11.3 Å². The Morgan fingerprint density at radius 3 is 2.69 bits per heavy atom. The SMILES string of the molecule is N[C@H](Cc1ccccc1)[C@H](O)c1nccs1. The largest absolute Gasteiger partial charge is 0.384 e. The van der Waals surface area contributed by atoms with Crippen molar-refractivity contribution < 1.29 is 5.11 Å². The molecule has 3 nitrogen and oxygen atoms in total. The predicted octanol–water partition coefficient (Wildman–Crippen LogP) is 1.75. The van der Waals surface area contributed by atoms with Crippen LogP contribution in [0.25, 0.3) is 0 Å². The van der Waals surface area contributed by atoms with Gasteiger partial charge in [-0.25, -0.2) is 4.98 Å². The molecule has 4 heteroatoms. The number of nitrogens with zero attached hydrogens (tertiary/aromatic N) is 1. The summed E-state index contributed by atoms with van der Waals surface area (Å²) in [5.41, 5.74) is 7.09. The van der Waals surface area contributed by atoms with Crippen LogP contribution in [0.15, 0.2) is 41.9 Å². The first-order valence-electron chi connectivity index (χ1n) is 5.14. The van der Waals surface area contributed by atoms with Crippen molar-refractivity contribution in [1.29, 1.82) is 0 Å². The van der Waals surface area contributed by atoms with E-state index < -0.39 is 6.10 Å². The smallest absolute Gasteiger partial charge is 0.123 e. The molecule has 0 spiro atoms. The predicted molar refractivity (Wildman–Crippen MR) is 65.2 cm³/mol. The molecule has 0 amide bonds. The van der Waals surface area contributed by atoms with E-state index in [9.17, 15) is 5.11 Å². The number of aromatic nitrogens is 1. The maximum Gasteiger partial charge on any atom is 0.123 e. The van der Waals surface area contributed by atoms with Crippen LogP contribution in [0.4, 0.5) is 0 Å². The molecule has 0 aliphatic carbocycles. The quantitative estimate of drug-likeness (QED) is 0.847. The van der Waals surface area contributed by atoms with Crippen LogP contribution in [-0.4, -0.2) is 16.1 Å². The summed E-state index contributed by atoms with van der Waals surface area (Å²) in [4.78, 5) is 4.07. The second-order valence-electron chi connectivity index (χ2n) is 3.67. The monoisotopic (exact) mass is 234 g/mol. The van der Waals surface area contributed by atoms with E-state index in [-0.39, 0.29) is 6.04 Å². The maximum atomic E-state index is 9.96. The molecule has 1 heterocycles. The summed E-state index contributed by atoms with van der Waals surface area (Å²) >= 11 is 1.43. The van der Waals surface area contributed by atoms with E-state index >= 15 is 0 Å². The molecule has 2 rings (SSSR count). The second kappa shape index (κ2) is 5.21. The highest BCUT2D eigenvalue weighted by atomic mass is 32.1. The molecule has 0 fully saturated rings. The first-order valence-corrected chi connectivity index (χ1v) is 6.02. The molecule has 0 aliphatic rings. The number of aliphatic hydroxyl groups is 1. The number of hydrogen-bond donors (Lipinski definition) is 2. The van der Waals surface area contributed by atoms with Gasteiger partial charge in [0.05, 0.1) is 0 Å². The summed E-state index contributed by atoms with van der Waals surface area (Å²) in [5.74, 6) is 0. The average molecular weight is 234 g/mol. The topological polar surface area (TPSA) is 59.1 Å². The first-order chi connectivity index (χ1) is 7.77. The van der Waals surface area contributed by atoms with E-state index in [0.717, 1.165) is 5.56 Å². The van der Waals surface area contributed by atoms with Gasteiger partial charge in [-0.1, -0.05) is 30.3 Å². The van der Waals surface area contributed by atoms with Crippen LogP contribution < -0.4 is 5.73 Å². The van der Waals surface area contributed by atoms with Crippen LogP contribution in [0.1, 0.15) is 16.7 Å². The number of nitrogens with two attached hydrogens (primary N) is 1. The molecule has 2 aromatic rings. The Hall–Kier alpha value is -1.23. The standard InChI is InChI=1S/C12H14N2OS/c13-10(8-9-4-2-1-3-5-9)11(15)12-14-6-7-16-12/h1-7,10-11,15H,8,13H2/t10-,11+/m1/s1. The lowest BCUT2D eigenvalue weighted by molar-refractivity contribution is 0.145. The van der Waals surface area contributed by atoms with Crippen LogP contribution in [0.3, 0.4) is 0 Å². The van der Waals surface area contributed by atoms with Crippen molar-refractivity contribution in [3.8, 4) is 0 Å². The number of aliphatic hydroxyl groups excluding tert-OH is 1. The number of benzene rings is 1. The van der Waals surface area contributed by atoms with E-state index in [1.807, 2.05) is 35.7 Å². The maximum absolute atomic E-state index is 9.96. The van der Waals surface area contributed by atoms with Gasteiger partial charge in [0.15, 0.2) is 0 Å². The molecule has 0 saturated heterocycles. The molecule has 2 atom stereocenters. The summed E-state index contributed by atoms with van der Waals surface area (Å²) in [6.45, 7) is 0. The minimum absolute atomic E-state index is 0.312. The first kappa shape index (κ1) is 11.3. The summed E-state index contributed by atoms with van der Waals surface area (Å²) in [7, 11) is 0. The summed E-state index contributed by atoms with van der Waals surface area (Å²) in [6.07, 6.45) is 1.65. The fourth-order valence-electron chi connectivity index (χ4n) is 1.56. The van der Waals surface area contributed by atoms with Crippen LogP contribution in [0.5, 0.6) is 0 Å². The minimum Gasteiger partial charge on any atom is -0.384 e. The van der Waals surface area contributed by atoms with E-state index in [2.05, 4.69) is 4.98 Å². The van der Waals surface area contributed by atoms with Crippen LogP contribution in [0.2, 0.25) is 0 Å². The van der Waals surface area contributed by atoms with Crippen molar-refractivity contribution >= 4 is 11.3 Å². The molecule has 84 valence electrons. The molecule has 0 aliphatic heterocycles. The summed E-state index contributed by atoms with van der Waals surface area (Å²) in [6, 6.07) is 9.61. The van der Waals surface area contributed by atoms with Gasteiger partial charge in [0, 0.05) is 17.6 Å². The molecule has 16 heavy (non-hydrogen) atoms. The second-order valence-corrected chi connectivity index (χ2v) is 4.59. The van der Waals surface area contributed by atoms with Gasteiger partial charge >= 0.3 is 0 Å². The van der Waals surface area contributed by atoms with Gasteiger partial charge < -0.3 is 10.8 Å². The molecule has 0 bridgehead atoms. The minimum atomic E-state index is -0.680. The molecule has 0 radical (unpaired) electrons. The Morgan fingerprint density at radius 2 is 2.06 bits per heavy atom. The zero-order chi connectivity index (χ0) is 11.4. The summed E-state index contributed by atoms with van der Waals surface area (Å²) in [5, 5.41) is 12.5. The van der Waals surface area contributed by atoms with Gasteiger partial charge in [-0.3, -0.25) is 0 Å². The third kappa shape index (κ3) is 2.66. The Kier molecular flexibility index (Phi) is 3.66. The molecular weight excluding hydrogens is 220 g/mol.